The van der Waals surface area contributed by atoms with Crippen LogP contribution in [0.15, 0.2) is 23.6 Å². The summed E-state index contributed by atoms with van der Waals surface area (Å²) in [5.41, 5.74) is 0.917. The Kier molecular flexibility index (Phi) is 2.78. The molecule has 0 amide bonds. The molecule has 0 spiro atoms. The van der Waals surface area contributed by atoms with Gasteiger partial charge in [0.2, 0.25) is 0 Å². The van der Waals surface area contributed by atoms with E-state index < -0.39 is 0 Å². The number of ketones is 1. The first-order valence-corrected chi connectivity index (χ1v) is 5.76. The molecule has 2 aliphatic rings. The van der Waals surface area contributed by atoms with Crippen LogP contribution in [0.5, 0.6) is 0 Å². The number of hydrogen-bond acceptors (Lipinski definition) is 3. The molecule has 0 unspecified atom stereocenters. The summed E-state index contributed by atoms with van der Waals surface area (Å²) in [7, 11) is 1.67. The van der Waals surface area contributed by atoms with Crippen LogP contribution in [-0.4, -0.2) is 30.9 Å². The first-order chi connectivity index (χ1) is 7.53. The smallest absolute Gasteiger partial charge is 0.144 e. The number of rotatable bonds is 1. The van der Waals surface area contributed by atoms with Crippen LogP contribution >= 0.6 is 0 Å². The van der Waals surface area contributed by atoms with Crippen molar-refractivity contribution in [3.8, 4) is 0 Å². The summed E-state index contributed by atoms with van der Waals surface area (Å²) in [5, 5.41) is 0. The van der Waals surface area contributed by atoms with Gasteiger partial charge in [-0.3, -0.25) is 4.79 Å². The molecular weight excluding hydrogens is 202 g/mol. The highest BCUT2D eigenvalue weighted by atomic mass is 16.5. The monoisotopic (exact) mass is 221 g/mol. The lowest BCUT2D eigenvalue weighted by atomic mass is 9.84. The number of ether oxygens (including phenoxy) is 1. The normalized spacial score (nSPS) is 24.2. The van der Waals surface area contributed by atoms with Gasteiger partial charge in [-0.2, -0.15) is 0 Å². The SMILES string of the molecule is COC1=CCN2CCC(C)(C)C(=O)CC2=C1. The van der Waals surface area contributed by atoms with Crippen molar-refractivity contribution < 1.29 is 9.53 Å². The Balaban J connectivity index is 2.23. The van der Waals surface area contributed by atoms with Crippen LogP contribution in [-0.2, 0) is 9.53 Å². The van der Waals surface area contributed by atoms with E-state index in [9.17, 15) is 4.79 Å². The molecule has 0 bridgehead atoms. The summed E-state index contributed by atoms with van der Waals surface area (Å²) in [6, 6.07) is 0. The zero-order valence-corrected chi connectivity index (χ0v) is 10.2. The largest absolute Gasteiger partial charge is 0.497 e. The molecule has 0 aromatic rings. The summed E-state index contributed by atoms with van der Waals surface area (Å²) in [4.78, 5) is 14.3. The number of Topliss-reactive ketones (excluding diaryl/α,β-unsaturated/α-hetero) is 1. The first-order valence-electron chi connectivity index (χ1n) is 5.76. The second kappa shape index (κ2) is 3.96. The fourth-order valence-corrected chi connectivity index (χ4v) is 2.13. The van der Waals surface area contributed by atoms with Gasteiger partial charge in [-0.1, -0.05) is 13.8 Å². The fraction of sp³-hybridized carbons (Fsp3) is 0.615. The van der Waals surface area contributed by atoms with Crippen LogP contribution in [0.4, 0.5) is 0 Å². The van der Waals surface area contributed by atoms with E-state index in [0.29, 0.717) is 12.2 Å². The lowest BCUT2D eigenvalue weighted by molar-refractivity contribution is -0.126. The van der Waals surface area contributed by atoms with E-state index >= 15 is 0 Å². The van der Waals surface area contributed by atoms with Crippen LogP contribution in [0.25, 0.3) is 0 Å². The van der Waals surface area contributed by atoms with Crippen LogP contribution in [0.2, 0.25) is 0 Å². The van der Waals surface area contributed by atoms with Gasteiger partial charge >= 0.3 is 0 Å². The van der Waals surface area contributed by atoms with Crippen molar-refractivity contribution in [2.45, 2.75) is 26.7 Å². The van der Waals surface area contributed by atoms with Crippen LogP contribution < -0.4 is 0 Å². The van der Waals surface area contributed by atoms with Crippen LogP contribution in [0.1, 0.15) is 26.7 Å². The van der Waals surface area contributed by atoms with E-state index in [2.05, 4.69) is 11.0 Å². The predicted molar refractivity (Wildman–Crippen MR) is 62.8 cm³/mol. The quantitative estimate of drug-likeness (QED) is 0.679. The predicted octanol–water partition coefficient (Wildman–Crippen LogP) is 2.11. The first kappa shape index (κ1) is 11.2. The van der Waals surface area contributed by atoms with Gasteiger partial charge in [-0.05, 0) is 18.6 Å². The molecule has 2 rings (SSSR count). The highest BCUT2D eigenvalue weighted by molar-refractivity contribution is 5.86. The Hall–Kier alpha value is -1.25. The third-order valence-electron chi connectivity index (χ3n) is 3.57. The van der Waals surface area contributed by atoms with E-state index in [-0.39, 0.29) is 5.41 Å². The van der Waals surface area contributed by atoms with Gasteiger partial charge in [-0.25, -0.2) is 0 Å². The van der Waals surface area contributed by atoms with E-state index in [1.807, 2.05) is 19.9 Å². The van der Waals surface area contributed by atoms with Crippen molar-refractivity contribution >= 4 is 5.78 Å². The lowest BCUT2D eigenvalue weighted by Crippen LogP contribution is -2.26. The van der Waals surface area contributed by atoms with Crippen molar-refractivity contribution in [1.29, 1.82) is 0 Å². The Morgan fingerprint density at radius 3 is 2.88 bits per heavy atom. The number of hydrogen-bond donors (Lipinski definition) is 0. The molecule has 88 valence electrons. The average molecular weight is 221 g/mol. The van der Waals surface area contributed by atoms with E-state index in [1.54, 1.807) is 7.11 Å². The van der Waals surface area contributed by atoms with Gasteiger partial charge in [0.25, 0.3) is 0 Å². The molecule has 2 heterocycles. The van der Waals surface area contributed by atoms with Crippen LogP contribution in [0.3, 0.4) is 0 Å². The zero-order valence-electron chi connectivity index (χ0n) is 10.2. The van der Waals surface area contributed by atoms with E-state index in [0.717, 1.165) is 31.0 Å². The summed E-state index contributed by atoms with van der Waals surface area (Å²) >= 11 is 0. The van der Waals surface area contributed by atoms with Crippen molar-refractivity contribution in [2.75, 3.05) is 20.2 Å². The molecule has 16 heavy (non-hydrogen) atoms. The number of fused-ring (bicyclic) bond motifs is 1. The van der Waals surface area contributed by atoms with Crippen molar-refractivity contribution in [1.82, 2.24) is 4.90 Å². The second-order valence-corrected chi connectivity index (χ2v) is 5.13. The number of methoxy groups -OCH3 is 1. The third kappa shape index (κ3) is 1.99. The Morgan fingerprint density at radius 1 is 1.44 bits per heavy atom. The maximum Gasteiger partial charge on any atom is 0.144 e. The molecule has 2 aliphatic heterocycles. The van der Waals surface area contributed by atoms with Crippen molar-refractivity contribution in [3.63, 3.8) is 0 Å². The molecule has 3 nitrogen and oxygen atoms in total. The zero-order chi connectivity index (χ0) is 11.8. The molecule has 0 radical (unpaired) electrons. The number of carbonyl (C=O) groups excluding carboxylic acids is 1. The van der Waals surface area contributed by atoms with Gasteiger partial charge in [-0.15, -0.1) is 0 Å². The van der Waals surface area contributed by atoms with E-state index in [1.165, 1.54) is 0 Å². The molecule has 1 saturated heterocycles. The highest BCUT2D eigenvalue weighted by Gasteiger charge is 2.33. The standard InChI is InChI=1S/C13H19NO2/c1-13(2)5-7-14-6-4-11(16-3)8-10(14)9-12(13)15/h4,8H,5-7,9H2,1-3H3. The van der Waals surface area contributed by atoms with Gasteiger partial charge in [0.1, 0.15) is 11.5 Å². The molecule has 0 atom stereocenters. The molecular formula is C13H19NO2. The molecule has 0 aromatic heterocycles. The summed E-state index contributed by atoms with van der Waals surface area (Å²) in [6.07, 6.45) is 5.52. The average Bonchev–Trinajstić information content (AvgIpc) is 2.36. The maximum absolute atomic E-state index is 12.1. The Bertz CT molecular complexity index is 366. The minimum atomic E-state index is -0.189. The number of allylic oxidation sites excluding steroid dienone is 2. The Labute approximate surface area is 96.8 Å². The summed E-state index contributed by atoms with van der Waals surface area (Å²) in [5.74, 6) is 1.21. The molecule has 0 aromatic carbocycles. The molecule has 1 fully saturated rings. The molecule has 0 saturated carbocycles. The molecule has 0 aliphatic carbocycles. The lowest BCUT2D eigenvalue weighted by Gasteiger charge is -2.27. The van der Waals surface area contributed by atoms with Gasteiger partial charge in [0.05, 0.1) is 7.11 Å². The molecule has 0 N–H and O–H groups in total. The van der Waals surface area contributed by atoms with Crippen molar-refractivity contribution in [3.05, 3.63) is 23.6 Å². The number of carbonyl (C=O) groups is 1. The van der Waals surface area contributed by atoms with Gasteiger partial charge in [0, 0.05) is 30.6 Å². The minimum absolute atomic E-state index is 0.189. The van der Waals surface area contributed by atoms with Gasteiger partial charge < -0.3 is 9.64 Å². The van der Waals surface area contributed by atoms with E-state index in [4.69, 9.17) is 4.74 Å². The number of nitrogens with zero attached hydrogens (tertiary/aromatic N) is 1. The Morgan fingerprint density at radius 2 is 2.19 bits per heavy atom. The fourth-order valence-electron chi connectivity index (χ4n) is 2.13. The van der Waals surface area contributed by atoms with Crippen molar-refractivity contribution in [2.24, 2.45) is 5.41 Å². The topological polar surface area (TPSA) is 29.5 Å². The summed E-state index contributed by atoms with van der Waals surface area (Å²) < 4.78 is 5.21. The van der Waals surface area contributed by atoms with Gasteiger partial charge in [0.15, 0.2) is 0 Å². The summed E-state index contributed by atoms with van der Waals surface area (Å²) in [6.45, 7) is 5.90. The maximum atomic E-state index is 12.1. The van der Waals surface area contributed by atoms with Crippen LogP contribution in [0, 0.1) is 5.41 Å². The highest BCUT2D eigenvalue weighted by Crippen LogP contribution is 2.32. The minimum Gasteiger partial charge on any atom is -0.497 e. The second-order valence-electron chi connectivity index (χ2n) is 5.13. The third-order valence-corrected chi connectivity index (χ3v) is 3.57. The molecule has 3 heteroatoms.